The second kappa shape index (κ2) is 7.36. The monoisotopic (exact) mass is 380 g/mol. The first kappa shape index (κ1) is 17.5. The van der Waals surface area contributed by atoms with Gasteiger partial charge < -0.3 is 10.3 Å². The number of hydrogen-bond donors (Lipinski definition) is 2. The van der Waals surface area contributed by atoms with E-state index in [9.17, 15) is 9.59 Å². The van der Waals surface area contributed by atoms with Crippen LogP contribution in [-0.2, 0) is 24.2 Å². The Morgan fingerprint density at radius 1 is 1.30 bits per heavy atom. The fraction of sp³-hybridized carbons (Fsp3) is 0.250. The number of nitrogens with zero attached hydrogens (tertiary/aromatic N) is 2. The lowest BCUT2D eigenvalue weighted by atomic mass is 10.1. The summed E-state index contributed by atoms with van der Waals surface area (Å²) in [5.41, 5.74) is 2.09. The zero-order valence-corrected chi connectivity index (χ0v) is 15.8. The average molecular weight is 380 g/mol. The van der Waals surface area contributed by atoms with Gasteiger partial charge in [-0.3, -0.25) is 14.2 Å². The normalized spacial score (nSPS) is 11.3. The summed E-state index contributed by atoms with van der Waals surface area (Å²) >= 11 is 1.52. The van der Waals surface area contributed by atoms with E-state index in [2.05, 4.69) is 21.4 Å². The zero-order valence-electron chi connectivity index (χ0n) is 15.0. The summed E-state index contributed by atoms with van der Waals surface area (Å²) in [6, 6.07) is 9.96. The Kier molecular flexibility index (Phi) is 4.77. The molecule has 4 aromatic rings. The summed E-state index contributed by atoms with van der Waals surface area (Å²) < 4.78 is 1.37. The molecule has 7 heteroatoms. The van der Waals surface area contributed by atoms with E-state index >= 15 is 0 Å². The molecule has 1 amide bonds. The summed E-state index contributed by atoms with van der Waals surface area (Å²) in [6.45, 7) is 2.54. The number of aromatic nitrogens is 3. The van der Waals surface area contributed by atoms with Gasteiger partial charge in [-0.2, -0.15) is 0 Å². The molecule has 3 aromatic heterocycles. The van der Waals surface area contributed by atoms with Gasteiger partial charge in [0.2, 0.25) is 5.91 Å². The number of amides is 1. The van der Waals surface area contributed by atoms with Gasteiger partial charge >= 0.3 is 0 Å². The summed E-state index contributed by atoms with van der Waals surface area (Å²) in [5.74, 6) is -0.191. The van der Waals surface area contributed by atoms with Gasteiger partial charge in [-0.15, -0.1) is 11.3 Å². The van der Waals surface area contributed by atoms with Crippen LogP contribution >= 0.6 is 11.3 Å². The standard InChI is InChI=1S/C20H20N4O2S/c1-2-14-9-16-19(27-14)23-12-24(20(16)26)11-18(25)21-8-7-13-10-22-17-6-4-3-5-15(13)17/h3-6,9-10,12,22H,2,7-8,11H2,1H3,(H,21,25). The van der Waals surface area contributed by atoms with Crippen molar-refractivity contribution >= 4 is 38.4 Å². The summed E-state index contributed by atoms with van der Waals surface area (Å²) in [5, 5.41) is 4.65. The fourth-order valence-corrected chi connectivity index (χ4v) is 4.11. The average Bonchev–Trinajstić information content (AvgIpc) is 3.29. The number of thiophene rings is 1. The van der Waals surface area contributed by atoms with Crippen molar-refractivity contribution in [2.24, 2.45) is 0 Å². The first-order chi connectivity index (χ1) is 13.2. The van der Waals surface area contributed by atoms with Crippen LogP contribution in [0.5, 0.6) is 0 Å². The number of carbonyl (C=O) groups is 1. The van der Waals surface area contributed by atoms with Gasteiger partial charge in [0, 0.05) is 28.5 Å². The number of fused-ring (bicyclic) bond motifs is 2. The van der Waals surface area contributed by atoms with Crippen molar-refractivity contribution in [3.63, 3.8) is 0 Å². The third-order valence-electron chi connectivity index (χ3n) is 4.62. The lowest BCUT2D eigenvalue weighted by Gasteiger charge is -2.07. The van der Waals surface area contributed by atoms with Crippen molar-refractivity contribution in [1.82, 2.24) is 19.9 Å². The SMILES string of the molecule is CCc1cc2c(=O)n(CC(=O)NCCc3c[nH]c4ccccc34)cnc2s1. The van der Waals surface area contributed by atoms with E-state index in [1.165, 1.54) is 27.6 Å². The number of nitrogens with one attached hydrogen (secondary N) is 2. The Labute approximate surface area is 159 Å². The molecule has 3 heterocycles. The molecule has 0 atom stereocenters. The van der Waals surface area contributed by atoms with E-state index in [0.717, 1.165) is 33.6 Å². The second-order valence-corrected chi connectivity index (χ2v) is 7.54. The molecule has 0 fully saturated rings. The van der Waals surface area contributed by atoms with Crippen LogP contribution in [0.2, 0.25) is 0 Å². The first-order valence-corrected chi connectivity index (χ1v) is 9.77. The van der Waals surface area contributed by atoms with E-state index in [1.807, 2.05) is 37.4 Å². The minimum atomic E-state index is -0.191. The molecule has 0 aliphatic carbocycles. The predicted octanol–water partition coefficient (Wildman–Crippen LogP) is 2.86. The lowest BCUT2D eigenvalue weighted by Crippen LogP contribution is -2.33. The highest BCUT2D eigenvalue weighted by Crippen LogP contribution is 2.21. The van der Waals surface area contributed by atoms with Gasteiger partial charge in [0.15, 0.2) is 0 Å². The van der Waals surface area contributed by atoms with E-state index < -0.39 is 0 Å². The molecule has 1 aromatic carbocycles. The van der Waals surface area contributed by atoms with E-state index in [1.54, 1.807) is 0 Å². The quantitative estimate of drug-likeness (QED) is 0.540. The van der Waals surface area contributed by atoms with Crippen LogP contribution in [0, 0.1) is 0 Å². The Morgan fingerprint density at radius 3 is 3.00 bits per heavy atom. The van der Waals surface area contributed by atoms with E-state index in [4.69, 9.17) is 0 Å². The second-order valence-electron chi connectivity index (χ2n) is 6.42. The number of hydrogen-bond acceptors (Lipinski definition) is 4. The molecule has 0 radical (unpaired) electrons. The van der Waals surface area contributed by atoms with Crippen LogP contribution in [0.25, 0.3) is 21.1 Å². The maximum atomic E-state index is 12.5. The van der Waals surface area contributed by atoms with E-state index in [-0.39, 0.29) is 18.0 Å². The molecule has 2 N–H and O–H groups in total. The number of carbonyl (C=O) groups excluding carboxylic acids is 1. The molecular formula is C20H20N4O2S. The molecule has 0 saturated carbocycles. The summed E-state index contributed by atoms with van der Waals surface area (Å²) in [4.78, 5) is 34.2. The Morgan fingerprint density at radius 2 is 2.15 bits per heavy atom. The highest BCUT2D eigenvalue weighted by atomic mass is 32.1. The highest BCUT2D eigenvalue weighted by Gasteiger charge is 2.11. The Balaban J connectivity index is 1.40. The molecule has 0 aliphatic heterocycles. The predicted molar refractivity (Wildman–Crippen MR) is 108 cm³/mol. The van der Waals surface area contributed by atoms with Crippen molar-refractivity contribution in [3.8, 4) is 0 Å². The number of para-hydroxylation sites is 1. The van der Waals surface area contributed by atoms with Crippen molar-refractivity contribution in [3.05, 3.63) is 63.7 Å². The third-order valence-corrected chi connectivity index (χ3v) is 5.81. The maximum absolute atomic E-state index is 12.5. The van der Waals surface area contributed by atoms with Crippen LogP contribution in [0.15, 0.2) is 47.7 Å². The molecule has 0 unspecified atom stereocenters. The summed E-state index contributed by atoms with van der Waals surface area (Å²) in [6.07, 6.45) is 5.03. The van der Waals surface area contributed by atoms with Crippen molar-refractivity contribution in [2.75, 3.05) is 6.54 Å². The van der Waals surface area contributed by atoms with Crippen LogP contribution in [0.3, 0.4) is 0 Å². The molecule has 0 saturated heterocycles. The van der Waals surface area contributed by atoms with E-state index in [0.29, 0.717) is 11.9 Å². The number of benzene rings is 1. The number of aromatic amines is 1. The zero-order chi connectivity index (χ0) is 18.8. The lowest BCUT2D eigenvalue weighted by molar-refractivity contribution is -0.121. The van der Waals surface area contributed by atoms with Crippen LogP contribution in [-0.4, -0.2) is 27.0 Å². The van der Waals surface area contributed by atoms with Gasteiger partial charge in [0.25, 0.3) is 5.56 Å². The van der Waals surface area contributed by atoms with Gasteiger partial charge in [0.05, 0.1) is 11.7 Å². The molecule has 0 spiro atoms. The number of H-pyrrole nitrogens is 1. The van der Waals surface area contributed by atoms with Crippen LogP contribution in [0.1, 0.15) is 17.4 Å². The van der Waals surface area contributed by atoms with Crippen LogP contribution < -0.4 is 10.9 Å². The molecule has 0 bridgehead atoms. The Bertz CT molecular complexity index is 1170. The van der Waals surface area contributed by atoms with Gasteiger partial charge in [-0.25, -0.2) is 4.98 Å². The highest BCUT2D eigenvalue weighted by molar-refractivity contribution is 7.18. The molecule has 4 rings (SSSR count). The van der Waals surface area contributed by atoms with Gasteiger partial charge in [-0.05, 0) is 30.5 Å². The summed E-state index contributed by atoms with van der Waals surface area (Å²) in [7, 11) is 0. The minimum Gasteiger partial charge on any atom is -0.361 e. The van der Waals surface area contributed by atoms with Crippen molar-refractivity contribution in [2.45, 2.75) is 26.3 Å². The van der Waals surface area contributed by atoms with Crippen molar-refractivity contribution in [1.29, 1.82) is 0 Å². The fourth-order valence-electron chi connectivity index (χ4n) is 3.18. The van der Waals surface area contributed by atoms with Gasteiger partial charge in [-0.1, -0.05) is 25.1 Å². The Hall–Kier alpha value is -2.93. The first-order valence-electron chi connectivity index (χ1n) is 8.95. The largest absolute Gasteiger partial charge is 0.361 e. The topological polar surface area (TPSA) is 79.8 Å². The minimum absolute atomic E-state index is 0.0209. The number of rotatable bonds is 6. The molecule has 27 heavy (non-hydrogen) atoms. The molecule has 138 valence electrons. The van der Waals surface area contributed by atoms with Crippen LogP contribution in [0.4, 0.5) is 0 Å². The molecule has 6 nitrogen and oxygen atoms in total. The smallest absolute Gasteiger partial charge is 0.262 e. The van der Waals surface area contributed by atoms with Crippen molar-refractivity contribution < 1.29 is 4.79 Å². The number of aryl methyl sites for hydroxylation is 1. The van der Waals surface area contributed by atoms with Gasteiger partial charge in [0.1, 0.15) is 11.4 Å². The molecular weight excluding hydrogens is 360 g/mol. The third kappa shape index (κ3) is 3.50. The maximum Gasteiger partial charge on any atom is 0.262 e. The molecule has 0 aliphatic rings.